The molecular formula is C13H19ClN2O. The molecule has 0 spiro atoms. The summed E-state index contributed by atoms with van der Waals surface area (Å²) in [5, 5.41) is 0.674. The van der Waals surface area contributed by atoms with E-state index in [-0.39, 0.29) is 6.10 Å². The Hall–Kier alpha value is -0.640. The molecule has 0 radical (unpaired) electrons. The third-order valence-electron chi connectivity index (χ3n) is 3.45. The van der Waals surface area contributed by atoms with Gasteiger partial charge in [-0.1, -0.05) is 24.4 Å². The Labute approximate surface area is 107 Å². The topological polar surface area (TPSA) is 48.1 Å². The summed E-state index contributed by atoms with van der Waals surface area (Å²) in [6.07, 6.45) is 8.50. The minimum atomic E-state index is 0.290. The lowest BCUT2D eigenvalue weighted by Gasteiger charge is -2.30. The molecule has 0 bridgehead atoms. The summed E-state index contributed by atoms with van der Waals surface area (Å²) >= 11 is 6.05. The molecule has 2 atom stereocenters. The third-order valence-corrected chi connectivity index (χ3v) is 3.79. The lowest BCUT2D eigenvalue weighted by Crippen LogP contribution is -2.33. The lowest BCUT2D eigenvalue weighted by molar-refractivity contribution is -0.0182. The monoisotopic (exact) mass is 254 g/mol. The van der Waals surface area contributed by atoms with Crippen molar-refractivity contribution in [1.29, 1.82) is 0 Å². The number of pyridine rings is 1. The summed E-state index contributed by atoms with van der Waals surface area (Å²) in [6.45, 7) is 1.28. The molecule has 1 aliphatic rings. The van der Waals surface area contributed by atoms with Gasteiger partial charge in [-0.15, -0.1) is 0 Å². The summed E-state index contributed by atoms with van der Waals surface area (Å²) < 4.78 is 5.96. The fraction of sp³-hybridized carbons (Fsp3) is 0.615. The van der Waals surface area contributed by atoms with Crippen molar-refractivity contribution in [2.45, 2.75) is 38.4 Å². The maximum atomic E-state index is 6.05. The predicted molar refractivity (Wildman–Crippen MR) is 68.8 cm³/mol. The molecule has 1 saturated carbocycles. The van der Waals surface area contributed by atoms with Gasteiger partial charge in [0.25, 0.3) is 0 Å². The summed E-state index contributed by atoms with van der Waals surface area (Å²) in [4.78, 5) is 3.96. The minimum absolute atomic E-state index is 0.290. The van der Waals surface area contributed by atoms with E-state index in [9.17, 15) is 0 Å². The molecule has 3 nitrogen and oxygen atoms in total. The highest BCUT2D eigenvalue weighted by Crippen LogP contribution is 2.27. The standard InChI is InChI=1S/C13H19ClN2O/c14-12-8-16-6-5-11(12)9-17-13-4-2-1-3-10(13)7-15/h5-6,8,10,13H,1-4,7,9,15H2. The van der Waals surface area contributed by atoms with Gasteiger partial charge in [0, 0.05) is 12.4 Å². The van der Waals surface area contributed by atoms with Crippen molar-refractivity contribution in [2.24, 2.45) is 11.7 Å². The second-order valence-electron chi connectivity index (χ2n) is 4.60. The summed E-state index contributed by atoms with van der Waals surface area (Å²) in [5.74, 6) is 0.504. The van der Waals surface area contributed by atoms with E-state index >= 15 is 0 Å². The molecular weight excluding hydrogens is 236 g/mol. The fourth-order valence-electron chi connectivity index (χ4n) is 2.38. The van der Waals surface area contributed by atoms with Crippen molar-refractivity contribution in [1.82, 2.24) is 4.98 Å². The van der Waals surface area contributed by atoms with Crippen molar-refractivity contribution in [2.75, 3.05) is 6.54 Å². The van der Waals surface area contributed by atoms with E-state index < -0.39 is 0 Å². The molecule has 1 heterocycles. The van der Waals surface area contributed by atoms with E-state index in [1.807, 2.05) is 6.07 Å². The van der Waals surface area contributed by atoms with Crippen LogP contribution in [0.5, 0.6) is 0 Å². The van der Waals surface area contributed by atoms with Crippen LogP contribution in [-0.2, 0) is 11.3 Å². The van der Waals surface area contributed by atoms with Crippen LogP contribution >= 0.6 is 11.6 Å². The second kappa shape index (κ2) is 6.34. The maximum absolute atomic E-state index is 6.05. The van der Waals surface area contributed by atoms with E-state index in [0.717, 1.165) is 18.5 Å². The first-order chi connectivity index (χ1) is 8.31. The summed E-state index contributed by atoms with van der Waals surface area (Å²) in [5.41, 5.74) is 6.78. The smallest absolute Gasteiger partial charge is 0.0736 e. The van der Waals surface area contributed by atoms with Crippen molar-refractivity contribution in [3.05, 3.63) is 29.0 Å². The van der Waals surface area contributed by atoms with E-state index in [1.54, 1.807) is 12.4 Å². The Morgan fingerprint density at radius 3 is 3.00 bits per heavy atom. The quantitative estimate of drug-likeness (QED) is 0.899. The normalized spacial score (nSPS) is 24.8. The molecule has 2 unspecified atom stereocenters. The largest absolute Gasteiger partial charge is 0.373 e. The zero-order valence-electron chi connectivity index (χ0n) is 9.94. The first-order valence-electron chi connectivity index (χ1n) is 6.21. The van der Waals surface area contributed by atoms with E-state index in [2.05, 4.69) is 4.98 Å². The van der Waals surface area contributed by atoms with Crippen molar-refractivity contribution >= 4 is 11.6 Å². The first-order valence-corrected chi connectivity index (χ1v) is 6.59. The van der Waals surface area contributed by atoms with Gasteiger partial charge in [0.05, 0.1) is 17.7 Å². The number of aromatic nitrogens is 1. The minimum Gasteiger partial charge on any atom is -0.373 e. The molecule has 4 heteroatoms. The van der Waals surface area contributed by atoms with Gasteiger partial charge in [0.1, 0.15) is 0 Å². The third kappa shape index (κ3) is 3.41. The molecule has 0 aliphatic heterocycles. The number of hydrogen-bond donors (Lipinski definition) is 1. The number of hydrogen-bond acceptors (Lipinski definition) is 3. The number of nitrogens with zero attached hydrogens (tertiary/aromatic N) is 1. The SMILES string of the molecule is NCC1CCCCC1OCc1ccncc1Cl. The van der Waals surface area contributed by atoms with Gasteiger partial charge in [-0.05, 0) is 36.9 Å². The Morgan fingerprint density at radius 2 is 2.24 bits per heavy atom. The number of ether oxygens (including phenoxy) is 1. The van der Waals surface area contributed by atoms with Gasteiger partial charge in [0.2, 0.25) is 0 Å². The van der Waals surface area contributed by atoms with Crippen LogP contribution < -0.4 is 5.73 Å². The summed E-state index contributed by atoms with van der Waals surface area (Å²) in [7, 11) is 0. The van der Waals surface area contributed by atoms with E-state index in [1.165, 1.54) is 19.3 Å². The highest BCUT2D eigenvalue weighted by atomic mass is 35.5. The van der Waals surface area contributed by atoms with Crippen LogP contribution in [0.1, 0.15) is 31.2 Å². The average Bonchev–Trinajstić information content (AvgIpc) is 2.38. The predicted octanol–water partition coefficient (Wildman–Crippen LogP) is 2.77. The maximum Gasteiger partial charge on any atom is 0.0736 e. The van der Waals surface area contributed by atoms with E-state index in [0.29, 0.717) is 17.5 Å². The molecule has 1 aromatic rings. The number of rotatable bonds is 4. The average molecular weight is 255 g/mol. The molecule has 94 valence electrons. The fourth-order valence-corrected chi connectivity index (χ4v) is 2.55. The van der Waals surface area contributed by atoms with Crippen LogP contribution in [-0.4, -0.2) is 17.6 Å². The molecule has 0 aromatic carbocycles. The van der Waals surface area contributed by atoms with Crippen LogP contribution in [0.3, 0.4) is 0 Å². The second-order valence-corrected chi connectivity index (χ2v) is 5.00. The Morgan fingerprint density at radius 1 is 1.41 bits per heavy atom. The van der Waals surface area contributed by atoms with Crippen LogP contribution in [0, 0.1) is 5.92 Å². The van der Waals surface area contributed by atoms with Crippen molar-refractivity contribution in [3.8, 4) is 0 Å². The molecule has 1 aromatic heterocycles. The summed E-state index contributed by atoms with van der Waals surface area (Å²) in [6, 6.07) is 1.91. The van der Waals surface area contributed by atoms with Crippen molar-refractivity contribution in [3.63, 3.8) is 0 Å². The van der Waals surface area contributed by atoms with E-state index in [4.69, 9.17) is 22.1 Å². The Balaban J connectivity index is 1.90. The van der Waals surface area contributed by atoms with Crippen molar-refractivity contribution < 1.29 is 4.74 Å². The van der Waals surface area contributed by atoms with Crippen LogP contribution in [0.2, 0.25) is 5.02 Å². The number of nitrogens with two attached hydrogens (primary N) is 1. The van der Waals surface area contributed by atoms with Crippen LogP contribution in [0.15, 0.2) is 18.5 Å². The Kier molecular flexibility index (Phi) is 4.77. The van der Waals surface area contributed by atoms with Crippen LogP contribution in [0.25, 0.3) is 0 Å². The van der Waals surface area contributed by atoms with Gasteiger partial charge in [0.15, 0.2) is 0 Å². The van der Waals surface area contributed by atoms with Crippen LogP contribution in [0.4, 0.5) is 0 Å². The zero-order chi connectivity index (χ0) is 12.1. The molecule has 0 amide bonds. The number of halogens is 1. The molecule has 1 aliphatic carbocycles. The van der Waals surface area contributed by atoms with Gasteiger partial charge in [-0.2, -0.15) is 0 Å². The molecule has 2 rings (SSSR count). The van der Waals surface area contributed by atoms with Gasteiger partial charge in [-0.3, -0.25) is 4.98 Å². The highest BCUT2D eigenvalue weighted by Gasteiger charge is 2.24. The molecule has 2 N–H and O–H groups in total. The lowest BCUT2D eigenvalue weighted by atomic mass is 9.86. The van der Waals surface area contributed by atoms with Gasteiger partial charge in [-0.25, -0.2) is 0 Å². The first kappa shape index (κ1) is 12.8. The molecule has 1 fully saturated rings. The zero-order valence-corrected chi connectivity index (χ0v) is 10.7. The molecule has 0 saturated heterocycles. The molecule has 17 heavy (non-hydrogen) atoms. The Bertz CT molecular complexity index is 359. The highest BCUT2D eigenvalue weighted by molar-refractivity contribution is 6.31. The van der Waals surface area contributed by atoms with Gasteiger partial charge < -0.3 is 10.5 Å². The van der Waals surface area contributed by atoms with Gasteiger partial charge >= 0.3 is 0 Å².